The second kappa shape index (κ2) is 7.93. The Bertz CT molecular complexity index is 1450. The van der Waals surface area contributed by atoms with Crippen molar-refractivity contribution in [3.05, 3.63) is 94.9 Å². The van der Waals surface area contributed by atoms with E-state index in [0.29, 0.717) is 17.4 Å². The van der Waals surface area contributed by atoms with Crippen molar-refractivity contribution in [1.82, 2.24) is 14.5 Å². The number of fused-ring (bicyclic) bond motifs is 2. The predicted molar refractivity (Wildman–Crippen MR) is 126 cm³/mol. The van der Waals surface area contributed by atoms with Crippen LogP contribution in [0.3, 0.4) is 0 Å². The number of benzene rings is 3. The first kappa shape index (κ1) is 19.4. The molecule has 5 nitrogen and oxygen atoms in total. The van der Waals surface area contributed by atoms with E-state index in [1.54, 1.807) is 0 Å². The van der Waals surface area contributed by atoms with Crippen LogP contribution in [0.5, 0.6) is 0 Å². The molecule has 0 saturated carbocycles. The third-order valence-electron chi connectivity index (χ3n) is 5.62. The van der Waals surface area contributed by atoms with Crippen LogP contribution in [0.25, 0.3) is 27.5 Å². The van der Waals surface area contributed by atoms with Crippen LogP contribution in [0.15, 0.2) is 83.3 Å². The molecular weight excluding hydrogens is 406 g/mol. The molecule has 2 aromatic heterocycles. The molecule has 3 aromatic carbocycles. The number of halogens is 1. The van der Waals surface area contributed by atoms with Crippen molar-refractivity contribution in [2.75, 3.05) is 0 Å². The number of nitrogens with zero attached hydrogens (tertiary/aromatic N) is 5. The van der Waals surface area contributed by atoms with Gasteiger partial charge in [-0.05, 0) is 53.9 Å². The summed E-state index contributed by atoms with van der Waals surface area (Å²) in [6.45, 7) is 4.61. The number of aromatic nitrogens is 3. The zero-order valence-electron chi connectivity index (χ0n) is 17.2. The van der Waals surface area contributed by atoms with E-state index < -0.39 is 0 Å². The molecule has 0 amide bonds. The van der Waals surface area contributed by atoms with Gasteiger partial charge in [0.1, 0.15) is 6.33 Å². The lowest BCUT2D eigenvalue weighted by atomic mass is 10.1. The molecule has 0 aliphatic carbocycles. The predicted octanol–water partition coefficient (Wildman–Crippen LogP) is 7.13. The van der Waals surface area contributed by atoms with Gasteiger partial charge in [0, 0.05) is 16.4 Å². The van der Waals surface area contributed by atoms with Crippen LogP contribution < -0.4 is 0 Å². The lowest BCUT2D eigenvalue weighted by molar-refractivity contribution is 0.952. The summed E-state index contributed by atoms with van der Waals surface area (Å²) in [5.41, 5.74) is 5.04. The second-order valence-corrected chi connectivity index (χ2v) is 7.90. The maximum Gasteiger partial charge on any atom is 0.186 e. The Kier molecular flexibility index (Phi) is 4.96. The third-order valence-corrected chi connectivity index (χ3v) is 5.86. The highest BCUT2D eigenvalue weighted by molar-refractivity contribution is 6.30. The Hall–Kier alpha value is -3.57. The van der Waals surface area contributed by atoms with E-state index in [0.717, 1.165) is 33.5 Å². The minimum atomic E-state index is 0.486. The molecule has 5 aromatic rings. The molecule has 0 spiro atoms. The summed E-state index contributed by atoms with van der Waals surface area (Å²) in [5.74, 6) is 0.576. The maximum absolute atomic E-state index is 6.22. The van der Waals surface area contributed by atoms with Crippen molar-refractivity contribution >= 4 is 39.2 Å². The maximum atomic E-state index is 6.22. The highest BCUT2D eigenvalue weighted by atomic mass is 35.5. The molecule has 6 heteroatoms. The van der Waals surface area contributed by atoms with E-state index in [4.69, 9.17) is 11.6 Å². The van der Waals surface area contributed by atoms with Gasteiger partial charge in [0.2, 0.25) is 0 Å². The Morgan fingerprint density at radius 1 is 0.935 bits per heavy atom. The Morgan fingerprint density at radius 2 is 1.74 bits per heavy atom. The van der Waals surface area contributed by atoms with E-state index in [9.17, 15) is 0 Å². The number of hydrogen-bond acceptors (Lipinski definition) is 4. The monoisotopic (exact) mass is 425 g/mol. The Labute approximate surface area is 185 Å². The molecule has 0 atom stereocenters. The zero-order chi connectivity index (χ0) is 21.4. The van der Waals surface area contributed by atoms with E-state index in [1.807, 2.05) is 36.4 Å². The fourth-order valence-corrected chi connectivity index (χ4v) is 4.18. The molecule has 0 aliphatic rings. The summed E-state index contributed by atoms with van der Waals surface area (Å²) in [7, 11) is 0. The van der Waals surface area contributed by atoms with E-state index in [1.165, 1.54) is 17.1 Å². The molecule has 0 radical (unpaired) electrons. The minimum absolute atomic E-state index is 0.486. The van der Waals surface area contributed by atoms with Crippen molar-refractivity contribution in [1.29, 1.82) is 0 Å². The number of azo groups is 1. The molecule has 2 heterocycles. The molecule has 5 rings (SSSR count). The van der Waals surface area contributed by atoms with Gasteiger partial charge in [-0.2, -0.15) is 5.11 Å². The van der Waals surface area contributed by atoms with Gasteiger partial charge in [-0.15, -0.1) is 5.11 Å². The lowest BCUT2D eigenvalue weighted by Gasteiger charge is -2.08. The van der Waals surface area contributed by atoms with Crippen molar-refractivity contribution in [2.45, 2.75) is 20.4 Å². The van der Waals surface area contributed by atoms with Crippen LogP contribution in [0, 0.1) is 13.8 Å². The molecular formula is C25H20ClN5. The fourth-order valence-electron chi connectivity index (χ4n) is 4.00. The van der Waals surface area contributed by atoms with Gasteiger partial charge in [0.15, 0.2) is 11.5 Å². The van der Waals surface area contributed by atoms with E-state index in [-0.39, 0.29) is 0 Å². The van der Waals surface area contributed by atoms with Crippen LogP contribution >= 0.6 is 11.6 Å². The lowest BCUT2D eigenvalue weighted by Crippen LogP contribution is -1.98. The van der Waals surface area contributed by atoms with E-state index >= 15 is 0 Å². The molecule has 0 N–H and O–H groups in total. The summed E-state index contributed by atoms with van der Waals surface area (Å²) in [6, 6.07) is 22.3. The molecule has 0 unspecified atom stereocenters. The number of rotatable bonds is 4. The quantitative estimate of drug-likeness (QED) is 0.287. The molecule has 0 bridgehead atoms. The van der Waals surface area contributed by atoms with E-state index in [2.05, 4.69) is 68.9 Å². The summed E-state index contributed by atoms with van der Waals surface area (Å²) in [4.78, 5) is 8.96. The first-order chi connectivity index (χ1) is 15.1. The van der Waals surface area contributed by atoms with Crippen LogP contribution in [-0.4, -0.2) is 14.5 Å². The van der Waals surface area contributed by atoms with Crippen LogP contribution in [0.1, 0.15) is 16.8 Å². The normalized spacial score (nSPS) is 11.7. The highest BCUT2D eigenvalue weighted by Crippen LogP contribution is 2.33. The van der Waals surface area contributed by atoms with Gasteiger partial charge in [-0.25, -0.2) is 9.97 Å². The second-order valence-electron chi connectivity index (χ2n) is 7.46. The molecule has 0 saturated heterocycles. The van der Waals surface area contributed by atoms with Gasteiger partial charge in [0.25, 0.3) is 0 Å². The Morgan fingerprint density at radius 3 is 2.61 bits per heavy atom. The summed E-state index contributed by atoms with van der Waals surface area (Å²) < 4.78 is 2.09. The van der Waals surface area contributed by atoms with Gasteiger partial charge in [-0.3, -0.25) is 4.57 Å². The summed E-state index contributed by atoms with van der Waals surface area (Å²) in [6.07, 6.45) is 1.54. The fraction of sp³-hybridized carbons (Fsp3) is 0.120. The van der Waals surface area contributed by atoms with Crippen molar-refractivity contribution in [3.8, 4) is 5.69 Å². The van der Waals surface area contributed by atoms with Crippen LogP contribution in [0.4, 0.5) is 5.82 Å². The zero-order valence-corrected chi connectivity index (χ0v) is 18.0. The SMILES string of the molecule is Cc1c(C)n(-c2cccc(Cl)c2)c2ncnc(N=NCc3cccc4ccccc34)c12. The van der Waals surface area contributed by atoms with Gasteiger partial charge in [0.05, 0.1) is 11.9 Å². The highest BCUT2D eigenvalue weighted by Gasteiger charge is 2.17. The van der Waals surface area contributed by atoms with Gasteiger partial charge < -0.3 is 0 Å². The smallest absolute Gasteiger partial charge is 0.186 e. The third kappa shape index (κ3) is 3.47. The minimum Gasteiger partial charge on any atom is -0.298 e. The average molecular weight is 426 g/mol. The van der Waals surface area contributed by atoms with Gasteiger partial charge >= 0.3 is 0 Å². The molecule has 31 heavy (non-hydrogen) atoms. The average Bonchev–Trinajstić information content (AvgIpc) is 3.05. The summed E-state index contributed by atoms with van der Waals surface area (Å²) in [5, 5.41) is 13.0. The topological polar surface area (TPSA) is 55.4 Å². The van der Waals surface area contributed by atoms with Crippen molar-refractivity contribution in [2.24, 2.45) is 10.2 Å². The molecule has 152 valence electrons. The largest absolute Gasteiger partial charge is 0.298 e. The Balaban J connectivity index is 1.56. The van der Waals surface area contributed by atoms with Crippen LogP contribution in [0.2, 0.25) is 5.02 Å². The molecule has 0 aliphatic heterocycles. The standard InChI is InChI=1S/C25H20ClN5/c1-16-17(2)31(21-11-6-10-20(26)13-21)25-23(16)24(27-15-28-25)30-29-14-19-9-5-8-18-7-3-4-12-22(18)19/h3-13,15H,14H2,1-2H3. The van der Waals surface area contributed by atoms with Crippen molar-refractivity contribution < 1.29 is 0 Å². The number of hydrogen-bond donors (Lipinski definition) is 0. The van der Waals surface area contributed by atoms with Crippen LogP contribution in [-0.2, 0) is 6.54 Å². The van der Waals surface area contributed by atoms with Crippen molar-refractivity contribution in [3.63, 3.8) is 0 Å². The molecule has 0 fully saturated rings. The van der Waals surface area contributed by atoms with Gasteiger partial charge in [-0.1, -0.05) is 60.1 Å². The first-order valence-electron chi connectivity index (χ1n) is 10.1. The summed E-state index contributed by atoms with van der Waals surface area (Å²) >= 11 is 6.22. The number of aryl methyl sites for hydroxylation is 1. The first-order valence-corrected chi connectivity index (χ1v) is 10.4.